The first-order valence-corrected chi connectivity index (χ1v) is 10.3. The summed E-state index contributed by atoms with van der Waals surface area (Å²) in [4.78, 5) is 38.0. The number of aryl methyl sites for hydroxylation is 2. The van der Waals surface area contributed by atoms with Crippen LogP contribution >= 0.6 is 0 Å². The molecule has 0 saturated carbocycles. The third kappa shape index (κ3) is 4.26. The molecule has 0 unspecified atom stereocenters. The van der Waals surface area contributed by atoms with Gasteiger partial charge in [-0.15, -0.1) is 0 Å². The fraction of sp³-hybridized carbons (Fsp3) is 0.250. The van der Waals surface area contributed by atoms with E-state index >= 15 is 0 Å². The number of nitrogens with zero attached hydrogens (tertiary/aromatic N) is 3. The molecule has 0 atom stereocenters. The van der Waals surface area contributed by atoms with Gasteiger partial charge in [0.1, 0.15) is 0 Å². The topological polar surface area (TPSA) is 84.3 Å². The molecule has 0 saturated heterocycles. The molecule has 31 heavy (non-hydrogen) atoms. The number of rotatable bonds is 7. The number of aromatic nitrogens is 2. The Morgan fingerprint density at radius 1 is 0.968 bits per heavy atom. The standard InChI is InChI=1S/C24H24N4O3/c1-16-15-17(2)28(26-16)19-9-7-18(8-10-19)11-13-25-22(29)12-14-27-23(30)20-5-3-4-6-21(20)24(27)31/h3-10,15H,11-14H2,1-2H3,(H,25,29). The molecular formula is C24H24N4O3. The lowest BCUT2D eigenvalue weighted by atomic mass is 10.1. The molecule has 0 bridgehead atoms. The van der Waals surface area contributed by atoms with Crippen LogP contribution in [0.3, 0.4) is 0 Å². The second-order valence-electron chi connectivity index (χ2n) is 7.66. The highest BCUT2D eigenvalue weighted by atomic mass is 16.2. The van der Waals surface area contributed by atoms with Gasteiger partial charge in [0.15, 0.2) is 0 Å². The van der Waals surface area contributed by atoms with Gasteiger partial charge in [-0.05, 0) is 56.2 Å². The van der Waals surface area contributed by atoms with E-state index in [0.717, 1.165) is 27.5 Å². The van der Waals surface area contributed by atoms with Crippen LogP contribution in [-0.4, -0.2) is 45.5 Å². The fourth-order valence-electron chi connectivity index (χ4n) is 3.78. The number of hydrogen-bond donors (Lipinski definition) is 1. The van der Waals surface area contributed by atoms with E-state index in [1.54, 1.807) is 24.3 Å². The molecular weight excluding hydrogens is 392 g/mol. The van der Waals surface area contributed by atoms with Crippen LogP contribution in [0.25, 0.3) is 5.69 Å². The van der Waals surface area contributed by atoms with E-state index < -0.39 is 0 Å². The smallest absolute Gasteiger partial charge is 0.261 e. The van der Waals surface area contributed by atoms with Crippen LogP contribution in [0, 0.1) is 13.8 Å². The zero-order valence-corrected chi connectivity index (χ0v) is 17.6. The van der Waals surface area contributed by atoms with Crippen LogP contribution in [0.4, 0.5) is 0 Å². The van der Waals surface area contributed by atoms with Crippen LogP contribution in [0.15, 0.2) is 54.6 Å². The first-order valence-electron chi connectivity index (χ1n) is 10.3. The van der Waals surface area contributed by atoms with E-state index in [1.165, 1.54) is 0 Å². The van der Waals surface area contributed by atoms with Gasteiger partial charge in [0.05, 0.1) is 22.5 Å². The monoisotopic (exact) mass is 416 g/mol. The molecule has 0 fully saturated rings. The maximum absolute atomic E-state index is 12.3. The van der Waals surface area contributed by atoms with E-state index in [4.69, 9.17) is 0 Å². The summed E-state index contributed by atoms with van der Waals surface area (Å²) in [5, 5.41) is 7.34. The lowest BCUT2D eigenvalue weighted by molar-refractivity contribution is -0.121. The van der Waals surface area contributed by atoms with Crippen molar-refractivity contribution in [3.8, 4) is 5.69 Å². The van der Waals surface area contributed by atoms with Crippen LogP contribution in [0.5, 0.6) is 0 Å². The molecule has 3 aromatic rings. The molecule has 2 heterocycles. The van der Waals surface area contributed by atoms with E-state index in [1.807, 2.05) is 48.9 Å². The number of carbonyl (C=O) groups is 3. The Balaban J connectivity index is 1.24. The Morgan fingerprint density at radius 3 is 2.19 bits per heavy atom. The molecule has 2 aromatic carbocycles. The van der Waals surface area contributed by atoms with Gasteiger partial charge in [-0.25, -0.2) is 4.68 Å². The van der Waals surface area contributed by atoms with E-state index in [-0.39, 0.29) is 30.7 Å². The van der Waals surface area contributed by atoms with Crippen molar-refractivity contribution in [1.82, 2.24) is 20.0 Å². The predicted octanol–water partition coefficient (Wildman–Crippen LogP) is 2.83. The molecule has 1 aliphatic rings. The Morgan fingerprint density at radius 2 is 1.61 bits per heavy atom. The highest BCUT2D eigenvalue weighted by Gasteiger charge is 2.34. The Labute approximate surface area is 180 Å². The normalized spacial score (nSPS) is 12.9. The van der Waals surface area contributed by atoms with Crippen molar-refractivity contribution in [2.45, 2.75) is 26.7 Å². The molecule has 1 aromatic heterocycles. The number of carbonyl (C=O) groups excluding carboxylic acids is 3. The van der Waals surface area contributed by atoms with Gasteiger partial charge in [0, 0.05) is 25.2 Å². The number of amides is 3. The molecule has 0 spiro atoms. The SMILES string of the molecule is Cc1cc(C)n(-c2ccc(CCNC(=O)CCN3C(=O)c4ccccc4C3=O)cc2)n1. The van der Waals surface area contributed by atoms with Crippen molar-refractivity contribution in [3.05, 3.63) is 82.7 Å². The van der Waals surface area contributed by atoms with Crippen molar-refractivity contribution in [1.29, 1.82) is 0 Å². The summed E-state index contributed by atoms with van der Waals surface area (Å²) in [6, 6.07) is 16.8. The summed E-state index contributed by atoms with van der Waals surface area (Å²) in [7, 11) is 0. The fourth-order valence-corrected chi connectivity index (χ4v) is 3.78. The Bertz CT molecular complexity index is 1110. The zero-order chi connectivity index (χ0) is 22.0. The van der Waals surface area contributed by atoms with Crippen LogP contribution in [0.2, 0.25) is 0 Å². The lowest BCUT2D eigenvalue weighted by Gasteiger charge is -2.13. The molecule has 1 N–H and O–H groups in total. The average Bonchev–Trinajstić information content (AvgIpc) is 3.23. The minimum absolute atomic E-state index is 0.0789. The van der Waals surface area contributed by atoms with Crippen molar-refractivity contribution in [2.75, 3.05) is 13.1 Å². The van der Waals surface area contributed by atoms with Crippen LogP contribution < -0.4 is 5.32 Å². The summed E-state index contributed by atoms with van der Waals surface area (Å²) in [5.41, 5.74) is 4.96. The quantitative estimate of drug-likeness (QED) is 0.601. The van der Waals surface area contributed by atoms with Gasteiger partial charge in [0.2, 0.25) is 5.91 Å². The lowest BCUT2D eigenvalue weighted by Crippen LogP contribution is -2.35. The van der Waals surface area contributed by atoms with Gasteiger partial charge in [-0.1, -0.05) is 24.3 Å². The minimum atomic E-state index is -0.337. The zero-order valence-electron chi connectivity index (χ0n) is 17.6. The van der Waals surface area contributed by atoms with Crippen molar-refractivity contribution >= 4 is 17.7 Å². The molecule has 0 radical (unpaired) electrons. The second kappa shape index (κ2) is 8.55. The van der Waals surface area contributed by atoms with Crippen LogP contribution in [0.1, 0.15) is 44.1 Å². The number of imide groups is 1. The summed E-state index contributed by atoms with van der Waals surface area (Å²) < 4.78 is 1.90. The molecule has 7 heteroatoms. The molecule has 0 aliphatic carbocycles. The molecule has 3 amide bonds. The summed E-state index contributed by atoms with van der Waals surface area (Å²) in [6.45, 7) is 4.55. The first-order chi connectivity index (χ1) is 14.9. The Hall–Kier alpha value is -3.74. The van der Waals surface area contributed by atoms with Gasteiger partial charge in [-0.2, -0.15) is 5.10 Å². The maximum atomic E-state index is 12.3. The highest BCUT2D eigenvalue weighted by molar-refractivity contribution is 6.21. The highest BCUT2D eigenvalue weighted by Crippen LogP contribution is 2.22. The summed E-state index contributed by atoms with van der Waals surface area (Å²) >= 11 is 0. The first kappa shape index (κ1) is 20.5. The molecule has 158 valence electrons. The van der Waals surface area contributed by atoms with E-state index in [2.05, 4.69) is 10.4 Å². The van der Waals surface area contributed by atoms with Gasteiger partial charge < -0.3 is 5.32 Å². The van der Waals surface area contributed by atoms with Gasteiger partial charge in [-0.3, -0.25) is 19.3 Å². The minimum Gasteiger partial charge on any atom is -0.356 e. The third-order valence-corrected chi connectivity index (χ3v) is 5.37. The van der Waals surface area contributed by atoms with E-state index in [9.17, 15) is 14.4 Å². The predicted molar refractivity (Wildman–Crippen MR) is 116 cm³/mol. The van der Waals surface area contributed by atoms with Crippen molar-refractivity contribution < 1.29 is 14.4 Å². The largest absolute Gasteiger partial charge is 0.356 e. The summed E-state index contributed by atoms with van der Waals surface area (Å²) in [5.74, 6) is -0.858. The van der Waals surface area contributed by atoms with Crippen molar-refractivity contribution in [2.24, 2.45) is 0 Å². The average molecular weight is 416 g/mol. The van der Waals surface area contributed by atoms with Gasteiger partial charge in [0.25, 0.3) is 11.8 Å². The third-order valence-electron chi connectivity index (χ3n) is 5.37. The number of benzene rings is 2. The number of hydrogen-bond acceptors (Lipinski definition) is 4. The number of fused-ring (bicyclic) bond motifs is 1. The Kier molecular flexibility index (Phi) is 5.66. The summed E-state index contributed by atoms with van der Waals surface area (Å²) in [6.07, 6.45) is 0.776. The number of nitrogens with one attached hydrogen (secondary N) is 1. The van der Waals surface area contributed by atoms with Crippen molar-refractivity contribution in [3.63, 3.8) is 0 Å². The second-order valence-corrected chi connectivity index (χ2v) is 7.66. The molecule has 1 aliphatic heterocycles. The van der Waals surface area contributed by atoms with Gasteiger partial charge >= 0.3 is 0 Å². The van der Waals surface area contributed by atoms with Crippen LogP contribution in [-0.2, 0) is 11.2 Å². The van der Waals surface area contributed by atoms with E-state index in [0.29, 0.717) is 24.1 Å². The maximum Gasteiger partial charge on any atom is 0.261 e. The molecule has 4 rings (SSSR count). The molecule has 7 nitrogen and oxygen atoms in total.